The molecular formula is C17H22N2O3S. The number of sulfonamides is 1. The van der Waals surface area contributed by atoms with Crippen molar-refractivity contribution < 1.29 is 13.2 Å². The summed E-state index contributed by atoms with van der Waals surface area (Å²) in [6, 6.07) is 4.80. The van der Waals surface area contributed by atoms with E-state index in [1.807, 2.05) is 0 Å². The molecule has 6 heteroatoms. The molecule has 124 valence electrons. The minimum Gasteiger partial charge on any atom is -0.325 e. The molecule has 2 aliphatic rings. The molecule has 1 aromatic rings. The molecule has 1 atom stereocenters. The van der Waals surface area contributed by atoms with Gasteiger partial charge < -0.3 is 5.32 Å². The topological polar surface area (TPSA) is 75.3 Å². The molecule has 0 aromatic heterocycles. The second kappa shape index (κ2) is 6.45. The number of benzene rings is 1. The molecule has 0 saturated carbocycles. The molecule has 0 bridgehead atoms. The smallest absolute Gasteiger partial charge is 0.240 e. The third kappa shape index (κ3) is 3.48. The van der Waals surface area contributed by atoms with E-state index in [4.69, 9.17) is 0 Å². The van der Waals surface area contributed by atoms with Crippen LogP contribution in [0.15, 0.2) is 34.7 Å². The summed E-state index contributed by atoms with van der Waals surface area (Å²) in [5.74, 6) is -0.403. The SMILES string of the molecule is C[C@@H]1C(=O)Nc2ccc(S(=O)(=O)NCCC3=CCCCC3)cc21. The van der Waals surface area contributed by atoms with Gasteiger partial charge in [-0.3, -0.25) is 4.79 Å². The van der Waals surface area contributed by atoms with Crippen molar-refractivity contribution in [1.29, 1.82) is 0 Å². The fourth-order valence-corrected chi connectivity index (χ4v) is 4.19. The molecule has 1 amide bonds. The quantitative estimate of drug-likeness (QED) is 0.813. The molecule has 0 spiro atoms. The average Bonchev–Trinajstić information content (AvgIpc) is 2.83. The maximum Gasteiger partial charge on any atom is 0.240 e. The van der Waals surface area contributed by atoms with Gasteiger partial charge in [0.05, 0.1) is 10.8 Å². The summed E-state index contributed by atoms with van der Waals surface area (Å²) < 4.78 is 27.5. The van der Waals surface area contributed by atoms with Crippen LogP contribution in [0.3, 0.4) is 0 Å². The van der Waals surface area contributed by atoms with Gasteiger partial charge in [-0.1, -0.05) is 11.6 Å². The van der Waals surface area contributed by atoms with E-state index in [0.29, 0.717) is 12.2 Å². The van der Waals surface area contributed by atoms with Gasteiger partial charge in [0.25, 0.3) is 0 Å². The van der Waals surface area contributed by atoms with Crippen molar-refractivity contribution in [3.8, 4) is 0 Å². The van der Waals surface area contributed by atoms with E-state index in [1.54, 1.807) is 25.1 Å². The number of anilines is 1. The first-order valence-electron chi connectivity index (χ1n) is 8.10. The molecule has 0 fully saturated rings. The first kappa shape index (κ1) is 16.2. The molecule has 5 nitrogen and oxygen atoms in total. The Hall–Kier alpha value is -1.66. The van der Waals surface area contributed by atoms with E-state index < -0.39 is 10.0 Å². The zero-order valence-electron chi connectivity index (χ0n) is 13.3. The van der Waals surface area contributed by atoms with Crippen molar-refractivity contribution in [2.75, 3.05) is 11.9 Å². The lowest BCUT2D eigenvalue weighted by Crippen LogP contribution is -2.25. The summed E-state index contributed by atoms with van der Waals surface area (Å²) in [7, 11) is -3.54. The average molecular weight is 334 g/mol. The number of hydrogen-bond donors (Lipinski definition) is 2. The normalized spacial score (nSPS) is 20.8. The summed E-state index contributed by atoms with van der Waals surface area (Å²) in [6.07, 6.45) is 7.60. The Morgan fingerprint density at radius 1 is 1.30 bits per heavy atom. The van der Waals surface area contributed by atoms with Crippen LogP contribution in [0.5, 0.6) is 0 Å². The number of nitrogens with one attached hydrogen (secondary N) is 2. The lowest BCUT2D eigenvalue weighted by molar-refractivity contribution is -0.116. The van der Waals surface area contributed by atoms with E-state index in [2.05, 4.69) is 16.1 Å². The second-order valence-electron chi connectivity index (χ2n) is 6.22. The number of fused-ring (bicyclic) bond motifs is 1. The van der Waals surface area contributed by atoms with E-state index in [1.165, 1.54) is 18.4 Å². The molecule has 3 rings (SSSR count). The van der Waals surface area contributed by atoms with Crippen molar-refractivity contribution in [2.45, 2.75) is 49.8 Å². The summed E-state index contributed by atoms with van der Waals surface area (Å²) in [4.78, 5) is 11.9. The van der Waals surface area contributed by atoms with Crippen LogP contribution in [-0.4, -0.2) is 20.9 Å². The minimum absolute atomic E-state index is 0.0910. The highest BCUT2D eigenvalue weighted by atomic mass is 32.2. The molecular weight excluding hydrogens is 312 g/mol. The standard InChI is InChI=1S/C17H22N2O3S/c1-12-15-11-14(7-8-16(15)19-17(12)20)23(21,22)18-10-9-13-5-3-2-4-6-13/h5,7-8,11-12,18H,2-4,6,9-10H2,1H3,(H,19,20)/t12-/m0/s1. The number of allylic oxidation sites excluding steroid dienone is 1. The van der Waals surface area contributed by atoms with Crippen LogP contribution in [0, 0.1) is 0 Å². The van der Waals surface area contributed by atoms with Crippen molar-refractivity contribution in [2.24, 2.45) is 0 Å². The Balaban J connectivity index is 1.68. The third-order valence-electron chi connectivity index (χ3n) is 4.57. The second-order valence-corrected chi connectivity index (χ2v) is 7.98. The van der Waals surface area contributed by atoms with E-state index in [9.17, 15) is 13.2 Å². The summed E-state index contributed by atoms with van der Waals surface area (Å²) in [6.45, 7) is 2.19. The van der Waals surface area contributed by atoms with Crippen LogP contribution < -0.4 is 10.0 Å². The largest absolute Gasteiger partial charge is 0.325 e. The number of carbonyl (C=O) groups excluding carboxylic acids is 1. The fraction of sp³-hybridized carbons (Fsp3) is 0.471. The van der Waals surface area contributed by atoms with Crippen LogP contribution in [-0.2, 0) is 14.8 Å². The summed E-state index contributed by atoms with van der Waals surface area (Å²) >= 11 is 0. The monoisotopic (exact) mass is 334 g/mol. The van der Waals surface area contributed by atoms with Crippen molar-refractivity contribution in [3.05, 3.63) is 35.4 Å². The van der Waals surface area contributed by atoms with Crippen molar-refractivity contribution in [3.63, 3.8) is 0 Å². The van der Waals surface area contributed by atoms with Crippen molar-refractivity contribution >= 4 is 21.6 Å². The maximum absolute atomic E-state index is 12.4. The van der Waals surface area contributed by atoms with Gasteiger partial charge in [-0.15, -0.1) is 0 Å². The zero-order chi connectivity index (χ0) is 16.4. The van der Waals surface area contributed by atoms with Gasteiger partial charge in [0.1, 0.15) is 0 Å². The zero-order valence-corrected chi connectivity index (χ0v) is 14.1. The molecule has 23 heavy (non-hydrogen) atoms. The lowest BCUT2D eigenvalue weighted by Gasteiger charge is -2.13. The van der Waals surface area contributed by atoms with Crippen LogP contribution in [0.4, 0.5) is 5.69 Å². The number of carbonyl (C=O) groups is 1. The Morgan fingerprint density at radius 2 is 2.13 bits per heavy atom. The first-order valence-corrected chi connectivity index (χ1v) is 9.58. The minimum atomic E-state index is -3.54. The molecule has 1 aliphatic carbocycles. The van der Waals surface area contributed by atoms with Crippen LogP contribution in [0.2, 0.25) is 0 Å². The summed E-state index contributed by atoms with van der Waals surface area (Å²) in [5, 5.41) is 2.75. The predicted octanol–water partition coefficient (Wildman–Crippen LogP) is 2.91. The van der Waals surface area contributed by atoms with Gasteiger partial charge >= 0.3 is 0 Å². The Labute approximate surface area is 137 Å². The van der Waals surface area contributed by atoms with Crippen LogP contribution in [0.25, 0.3) is 0 Å². The molecule has 0 unspecified atom stereocenters. The Morgan fingerprint density at radius 3 is 2.87 bits per heavy atom. The maximum atomic E-state index is 12.4. The number of rotatable bonds is 5. The lowest BCUT2D eigenvalue weighted by atomic mass is 9.97. The van der Waals surface area contributed by atoms with E-state index in [-0.39, 0.29) is 16.7 Å². The highest BCUT2D eigenvalue weighted by Gasteiger charge is 2.28. The highest BCUT2D eigenvalue weighted by Crippen LogP contribution is 2.33. The Bertz CT molecular complexity index is 753. The number of hydrogen-bond acceptors (Lipinski definition) is 3. The molecule has 1 heterocycles. The van der Waals surface area contributed by atoms with Crippen LogP contribution >= 0.6 is 0 Å². The van der Waals surface area contributed by atoms with Crippen LogP contribution in [0.1, 0.15) is 50.5 Å². The van der Waals surface area contributed by atoms with E-state index in [0.717, 1.165) is 24.8 Å². The van der Waals surface area contributed by atoms with Gasteiger partial charge in [-0.25, -0.2) is 13.1 Å². The third-order valence-corrected chi connectivity index (χ3v) is 6.03. The first-order chi connectivity index (χ1) is 11.0. The van der Waals surface area contributed by atoms with Gasteiger partial charge in [0.2, 0.25) is 15.9 Å². The molecule has 2 N–H and O–H groups in total. The fourth-order valence-electron chi connectivity index (χ4n) is 3.12. The Kier molecular flexibility index (Phi) is 4.55. The molecule has 0 saturated heterocycles. The van der Waals surface area contributed by atoms with Gasteiger partial charge in [0.15, 0.2) is 0 Å². The predicted molar refractivity (Wildman–Crippen MR) is 89.8 cm³/mol. The van der Waals surface area contributed by atoms with Gasteiger partial charge in [0, 0.05) is 12.2 Å². The summed E-state index contributed by atoms with van der Waals surface area (Å²) in [5.41, 5.74) is 2.79. The number of amides is 1. The molecule has 1 aromatic carbocycles. The molecule has 1 aliphatic heterocycles. The van der Waals surface area contributed by atoms with Gasteiger partial charge in [-0.05, 0) is 62.8 Å². The van der Waals surface area contributed by atoms with E-state index >= 15 is 0 Å². The molecule has 0 radical (unpaired) electrons. The van der Waals surface area contributed by atoms with Crippen molar-refractivity contribution in [1.82, 2.24) is 4.72 Å². The highest BCUT2D eigenvalue weighted by molar-refractivity contribution is 7.89. The van der Waals surface area contributed by atoms with Gasteiger partial charge in [-0.2, -0.15) is 0 Å².